The fourth-order valence-corrected chi connectivity index (χ4v) is 4.55. The standard InChI is InChI=1S/C18H27FN2/c19-17-7-3-4-13(10-17)11-18(21-20)16-9-8-14-5-1-2-6-15(14)12-16/h3-4,7,10,14-16,18,21H,1-2,5-6,8-9,11-12,20H2. The van der Waals surface area contributed by atoms with Gasteiger partial charge in [-0.2, -0.15) is 0 Å². The number of hydrogen-bond donors (Lipinski definition) is 2. The third kappa shape index (κ3) is 3.64. The first-order valence-corrected chi connectivity index (χ1v) is 8.47. The van der Waals surface area contributed by atoms with E-state index < -0.39 is 0 Å². The van der Waals surface area contributed by atoms with Crippen LogP contribution in [-0.2, 0) is 6.42 Å². The van der Waals surface area contributed by atoms with Gasteiger partial charge in [-0.25, -0.2) is 4.39 Å². The normalized spacial score (nSPS) is 30.7. The molecule has 3 heteroatoms. The Morgan fingerprint density at radius 1 is 1.14 bits per heavy atom. The van der Waals surface area contributed by atoms with Gasteiger partial charge in [0, 0.05) is 6.04 Å². The predicted octanol–water partition coefficient (Wildman–Crippen LogP) is 3.81. The zero-order chi connectivity index (χ0) is 14.7. The first-order valence-electron chi connectivity index (χ1n) is 8.47. The molecular formula is C18H27FN2. The number of hydrogen-bond acceptors (Lipinski definition) is 2. The lowest BCUT2D eigenvalue weighted by molar-refractivity contribution is 0.109. The number of nitrogens with two attached hydrogens (primary N) is 1. The van der Waals surface area contributed by atoms with Crippen LogP contribution < -0.4 is 11.3 Å². The predicted molar refractivity (Wildman–Crippen MR) is 84.0 cm³/mol. The van der Waals surface area contributed by atoms with E-state index in [9.17, 15) is 4.39 Å². The van der Waals surface area contributed by atoms with Crippen LogP contribution in [0.15, 0.2) is 24.3 Å². The molecule has 0 saturated heterocycles. The zero-order valence-electron chi connectivity index (χ0n) is 12.7. The molecule has 0 bridgehead atoms. The summed E-state index contributed by atoms with van der Waals surface area (Å²) >= 11 is 0. The third-order valence-electron chi connectivity index (χ3n) is 5.71. The second-order valence-corrected chi connectivity index (χ2v) is 6.98. The summed E-state index contributed by atoms with van der Waals surface area (Å²) in [5.74, 6) is 8.16. The van der Waals surface area contributed by atoms with E-state index in [0.717, 1.165) is 23.8 Å². The van der Waals surface area contributed by atoms with Gasteiger partial charge < -0.3 is 0 Å². The minimum Gasteiger partial charge on any atom is -0.271 e. The molecule has 2 nitrogen and oxygen atoms in total. The van der Waals surface area contributed by atoms with Crippen LogP contribution >= 0.6 is 0 Å². The lowest BCUT2D eigenvalue weighted by atomic mass is 9.65. The largest absolute Gasteiger partial charge is 0.271 e. The molecule has 3 rings (SSSR count). The molecule has 0 amide bonds. The van der Waals surface area contributed by atoms with Crippen molar-refractivity contribution in [2.75, 3.05) is 0 Å². The van der Waals surface area contributed by atoms with E-state index in [2.05, 4.69) is 5.43 Å². The molecule has 2 aliphatic rings. The van der Waals surface area contributed by atoms with E-state index in [0.29, 0.717) is 5.92 Å². The first kappa shape index (κ1) is 15.0. The van der Waals surface area contributed by atoms with Crippen LogP contribution in [0.4, 0.5) is 4.39 Å². The average Bonchev–Trinajstić information content (AvgIpc) is 2.52. The van der Waals surface area contributed by atoms with Crippen molar-refractivity contribution in [3.63, 3.8) is 0 Å². The highest BCUT2D eigenvalue weighted by Crippen LogP contribution is 2.43. The average molecular weight is 290 g/mol. The Labute approximate surface area is 127 Å². The third-order valence-corrected chi connectivity index (χ3v) is 5.71. The highest BCUT2D eigenvalue weighted by atomic mass is 19.1. The van der Waals surface area contributed by atoms with Crippen LogP contribution in [0.1, 0.15) is 50.5 Å². The van der Waals surface area contributed by atoms with Crippen LogP contribution in [0, 0.1) is 23.6 Å². The molecule has 0 heterocycles. The number of rotatable bonds is 4. The summed E-state index contributed by atoms with van der Waals surface area (Å²) in [7, 11) is 0. The van der Waals surface area contributed by atoms with Gasteiger partial charge in [0.1, 0.15) is 5.82 Å². The van der Waals surface area contributed by atoms with Gasteiger partial charge in [-0.15, -0.1) is 0 Å². The summed E-state index contributed by atoms with van der Waals surface area (Å²) in [5.41, 5.74) is 4.06. The fourth-order valence-electron chi connectivity index (χ4n) is 4.55. The Hall–Kier alpha value is -0.930. The number of fused-ring (bicyclic) bond motifs is 1. The van der Waals surface area contributed by atoms with Crippen molar-refractivity contribution in [3.05, 3.63) is 35.6 Å². The Morgan fingerprint density at radius 3 is 2.71 bits per heavy atom. The molecule has 2 saturated carbocycles. The highest BCUT2D eigenvalue weighted by Gasteiger charge is 2.35. The Morgan fingerprint density at radius 2 is 1.95 bits per heavy atom. The van der Waals surface area contributed by atoms with Gasteiger partial charge >= 0.3 is 0 Å². The van der Waals surface area contributed by atoms with Gasteiger partial charge in [0.05, 0.1) is 0 Å². The molecular weight excluding hydrogens is 263 g/mol. The van der Waals surface area contributed by atoms with Crippen LogP contribution in [0.25, 0.3) is 0 Å². The number of hydrazine groups is 1. The van der Waals surface area contributed by atoms with Crippen molar-refractivity contribution in [2.24, 2.45) is 23.6 Å². The molecule has 21 heavy (non-hydrogen) atoms. The van der Waals surface area contributed by atoms with Crippen LogP contribution in [0.2, 0.25) is 0 Å². The maximum atomic E-state index is 13.3. The molecule has 0 aromatic heterocycles. The summed E-state index contributed by atoms with van der Waals surface area (Å²) in [6, 6.07) is 7.20. The molecule has 2 aliphatic carbocycles. The summed E-state index contributed by atoms with van der Waals surface area (Å²) in [6.45, 7) is 0. The quantitative estimate of drug-likeness (QED) is 0.654. The van der Waals surface area contributed by atoms with E-state index in [1.54, 1.807) is 12.1 Å². The van der Waals surface area contributed by atoms with Crippen LogP contribution in [0.3, 0.4) is 0 Å². The van der Waals surface area contributed by atoms with Gasteiger partial charge in [-0.1, -0.05) is 37.8 Å². The van der Waals surface area contributed by atoms with E-state index in [4.69, 9.17) is 5.84 Å². The SMILES string of the molecule is NNC(Cc1cccc(F)c1)C1CCC2CCCCC2C1. The maximum absolute atomic E-state index is 13.3. The highest BCUT2D eigenvalue weighted by molar-refractivity contribution is 5.17. The minimum absolute atomic E-state index is 0.153. The number of benzene rings is 1. The van der Waals surface area contributed by atoms with E-state index in [1.165, 1.54) is 51.0 Å². The first-order chi connectivity index (χ1) is 10.3. The molecule has 4 atom stereocenters. The fraction of sp³-hybridized carbons (Fsp3) is 0.667. The second kappa shape index (κ2) is 6.89. The van der Waals surface area contributed by atoms with Crippen molar-refractivity contribution < 1.29 is 4.39 Å². The molecule has 1 aromatic rings. The molecule has 2 fully saturated rings. The van der Waals surface area contributed by atoms with Crippen molar-refractivity contribution in [1.29, 1.82) is 0 Å². The van der Waals surface area contributed by atoms with Gasteiger partial charge in [0.2, 0.25) is 0 Å². The molecule has 116 valence electrons. The summed E-state index contributed by atoms with van der Waals surface area (Å²) in [6.07, 6.45) is 10.4. The molecule has 0 aliphatic heterocycles. The Balaban J connectivity index is 1.63. The van der Waals surface area contributed by atoms with Crippen LogP contribution in [-0.4, -0.2) is 6.04 Å². The molecule has 0 radical (unpaired) electrons. The summed E-state index contributed by atoms with van der Waals surface area (Å²) in [5, 5.41) is 0. The second-order valence-electron chi connectivity index (χ2n) is 6.98. The molecule has 4 unspecified atom stereocenters. The van der Waals surface area contributed by atoms with E-state index in [1.807, 2.05) is 6.07 Å². The minimum atomic E-state index is -0.153. The van der Waals surface area contributed by atoms with Crippen molar-refractivity contribution >= 4 is 0 Å². The zero-order valence-corrected chi connectivity index (χ0v) is 12.7. The lowest BCUT2D eigenvalue weighted by Gasteiger charge is -2.41. The van der Waals surface area contributed by atoms with Gasteiger partial charge in [-0.05, 0) is 61.1 Å². The Bertz CT molecular complexity index is 462. The van der Waals surface area contributed by atoms with Gasteiger partial charge in [0.15, 0.2) is 0 Å². The topological polar surface area (TPSA) is 38.0 Å². The number of halogens is 1. The van der Waals surface area contributed by atoms with Crippen LogP contribution in [0.5, 0.6) is 0 Å². The molecule has 3 N–H and O–H groups in total. The van der Waals surface area contributed by atoms with E-state index >= 15 is 0 Å². The van der Waals surface area contributed by atoms with Gasteiger partial charge in [0.25, 0.3) is 0 Å². The van der Waals surface area contributed by atoms with Crippen molar-refractivity contribution in [1.82, 2.24) is 5.43 Å². The lowest BCUT2D eigenvalue weighted by Crippen LogP contribution is -2.45. The molecule has 0 spiro atoms. The maximum Gasteiger partial charge on any atom is 0.123 e. The number of nitrogens with one attached hydrogen (secondary N) is 1. The Kier molecular flexibility index (Phi) is 4.91. The van der Waals surface area contributed by atoms with Crippen molar-refractivity contribution in [2.45, 2.75) is 57.4 Å². The summed E-state index contributed by atoms with van der Waals surface area (Å²) in [4.78, 5) is 0. The van der Waals surface area contributed by atoms with E-state index in [-0.39, 0.29) is 11.9 Å². The van der Waals surface area contributed by atoms with Crippen molar-refractivity contribution in [3.8, 4) is 0 Å². The monoisotopic (exact) mass is 290 g/mol. The summed E-state index contributed by atoms with van der Waals surface area (Å²) < 4.78 is 13.3. The molecule has 1 aromatic carbocycles. The van der Waals surface area contributed by atoms with Gasteiger partial charge in [-0.3, -0.25) is 11.3 Å². The smallest absolute Gasteiger partial charge is 0.123 e.